The van der Waals surface area contributed by atoms with Crippen LogP contribution in [0, 0.1) is 0 Å². The topological polar surface area (TPSA) is 116 Å². The first-order valence-corrected chi connectivity index (χ1v) is 6.46. The standard InChI is InChI=1S/C10H16N2O4S/c1-6(11)10(13)7-3-4-8(16-2)9(5-7)17(12,14)15/h3-6,10,13H,11H2,1-2H3,(H2,12,14,15). The summed E-state index contributed by atoms with van der Waals surface area (Å²) in [6.45, 7) is 1.62. The van der Waals surface area contributed by atoms with E-state index in [-0.39, 0.29) is 10.6 Å². The molecule has 2 unspecified atom stereocenters. The third-order valence-electron chi connectivity index (χ3n) is 2.33. The molecule has 0 saturated heterocycles. The Morgan fingerprint density at radius 1 is 1.41 bits per heavy atom. The maximum absolute atomic E-state index is 11.3. The Labute approximate surface area is 100 Å². The third-order valence-corrected chi connectivity index (χ3v) is 3.27. The van der Waals surface area contributed by atoms with Crippen LogP contribution < -0.4 is 15.6 Å². The zero-order chi connectivity index (χ0) is 13.2. The van der Waals surface area contributed by atoms with Gasteiger partial charge < -0.3 is 15.6 Å². The van der Waals surface area contributed by atoms with E-state index >= 15 is 0 Å². The minimum Gasteiger partial charge on any atom is -0.495 e. The van der Waals surface area contributed by atoms with Gasteiger partial charge in [-0.05, 0) is 24.6 Å². The Kier molecular flexibility index (Phi) is 4.10. The second-order valence-corrected chi connectivity index (χ2v) is 5.29. The van der Waals surface area contributed by atoms with Crippen LogP contribution in [0.15, 0.2) is 23.1 Å². The van der Waals surface area contributed by atoms with Gasteiger partial charge in [-0.1, -0.05) is 6.07 Å². The molecule has 0 aliphatic rings. The van der Waals surface area contributed by atoms with Crippen LogP contribution in [-0.4, -0.2) is 26.7 Å². The third kappa shape index (κ3) is 3.16. The molecule has 5 N–H and O–H groups in total. The number of sulfonamides is 1. The first kappa shape index (κ1) is 13.9. The molecule has 7 heteroatoms. The van der Waals surface area contributed by atoms with E-state index in [0.717, 1.165) is 0 Å². The summed E-state index contributed by atoms with van der Waals surface area (Å²) in [6.07, 6.45) is -0.957. The van der Waals surface area contributed by atoms with Gasteiger partial charge in [0.05, 0.1) is 13.2 Å². The van der Waals surface area contributed by atoms with Crippen LogP contribution in [0.4, 0.5) is 0 Å². The molecule has 6 nitrogen and oxygen atoms in total. The largest absolute Gasteiger partial charge is 0.495 e. The van der Waals surface area contributed by atoms with Gasteiger partial charge in [0.25, 0.3) is 0 Å². The van der Waals surface area contributed by atoms with Crippen LogP contribution >= 0.6 is 0 Å². The molecule has 0 aliphatic heterocycles. The van der Waals surface area contributed by atoms with Gasteiger partial charge in [0.1, 0.15) is 10.6 Å². The highest BCUT2D eigenvalue weighted by Gasteiger charge is 2.19. The molecular formula is C10H16N2O4S. The van der Waals surface area contributed by atoms with Crippen molar-refractivity contribution in [1.82, 2.24) is 0 Å². The molecule has 1 rings (SSSR count). The molecule has 0 aromatic heterocycles. The summed E-state index contributed by atoms with van der Waals surface area (Å²) in [5, 5.41) is 14.8. The van der Waals surface area contributed by atoms with Crippen LogP contribution in [0.2, 0.25) is 0 Å². The van der Waals surface area contributed by atoms with E-state index < -0.39 is 22.2 Å². The predicted molar refractivity (Wildman–Crippen MR) is 63.0 cm³/mol. The fraction of sp³-hybridized carbons (Fsp3) is 0.400. The van der Waals surface area contributed by atoms with Crippen molar-refractivity contribution in [3.05, 3.63) is 23.8 Å². The summed E-state index contributed by atoms with van der Waals surface area (Å²) in [4.78, 5) is -0.169. The highest BCUT2D eigenvalue weighted by Crippen LogP contribution is 2.27. The lowest BCUT2D eigenvalue weighted by molar-refractivity contribution is 0.153. The highest BCUT2D eigenvalue weighted by molar-refractivity contribution is 7.89. The Morgan fingerprint density at radius 3 is 2.41 bits per heavy atom. The van der Waals surface area contributed by atoms with Crippen LogP contribution in [-0.2, 0) is 10.0 Å². The number of primary sulfonamides is 1. The second kappa shape index (κ2) is 5.01. The first-order valence-electron chi connectivity index (χ1n) is 4.91. The molecule has 1 aromatic carbocycles. The first-order chi connectivity index (χ1) is 7.77. The fourth-order valence-corrected chi connectivity index (χ4v) is 2.14. The van der Waals surface area contributed by atoms with Gasteiger partial charge in [0, 0.05) is 6.04 Å². The van der Waals surface area contributed by atoms with Crippen molar-refractivity contribution < 1.29 is 18.3 Å². The molecule has 1 aromatic rings. The van der Waals surface area contributed by atoms with Crippen LogP contribution in [0.25, 0.3) is 0 Å². The Morgan fingerprint density at radius 2 is 2.00 bits per heavy atom. The van der Waals surface area contributed by atoms with Crippen molar-refractivity contribution in [2.45, 2.75) is 24.0 Å². The van der Waals surface area contributed by atoms with Gasteiger partial charge >= 0.3 is 0 Å². The number of hydrogen-bond donors (Lipinski definition) is 3. The SMILES string of the molecule is COc1ccc(C(O)C(C)N)cc1S(N)(=O)=O. The smallest absolute Gasteiger partial charge is 0.241 e. The predicted octanol–water partition coefficient (Wildman–Crippen LogP) is -0.277. The summed E-state index contributed by atoms with van der Waals surface area (Å²) in [5.41, 5.74) is 5.92. The molecule has 0 spiro atoms. The Bertz CT molecular complexity index is 499. The van der Waals surface area contributed by atoms with E-state index in [4.69, 9.17) is 15.6 Å². The van der Waals surface area contributed by atoms with Crippen LogP contribution in [0.1, 0.15) is 18.6 Å². The van der Waals surface area contributed by atoms with Crippen molar-refractivity contribution in [3.8, 4) is 5.75 Å². The van der Waals surface area contributed by atoms with Crippen molar-refractivity contribution >= 4 is 10.0 Å². The van der Waals surface area contributed by atoms with Gasteiger partial charge in [-0.3, -0.25) is 0 Å². The molecule has 0 heterocycles. The van der Waals surface area contributed by atoms with E-state index in [0.29, 0.717) is 5.56 Å². The zero-order valence-corrected chi connectivity index (χ0v) is 10.4. The molecule has 0 bridgehead atoms. The number of rotatable bonds is 4. The molecule has 17 heavy (non-hydrogen) atoms. The van der Waals surface area contributed by atoms with Gasteiger partial charge in [-0.25, -0.2) is 13.6 Å². The minimum atomic E-state index is -3.90. The molecule has 96 valence electrons. The Hall–Kier alpha value is -1.15. The molecule has 0 aliphatic carbocycles. The Balaban J connectivity index is 3.33. The van der Waals surface area contributed by atoms with Gasteiger partial charge in [-0.2, -0.15) is 0 Å². The molecule has 0 saturated carbocycles. The van der Waals surface area contributed by atoms with Crippen LogP contribution in [0.3, 0.4) is 0 Å². The quantitative estimate of drug-likeness (QED) is 0.688. The lowest BCUT2D eigenvalue weighted by Crippen LogP contribution is -2.24. The number of methoxy groups -OCH3 is 1. The number of nitrogens with two attached hydrogens (primary N) is 2. The van der Waals surface area contributed by atoms with Crippen molar-refractivity contribution in [3.63, 3.8) is 0 Å². The van der Waals surface area contributed by atoms with Crippen LogP contribution in [0.5, 0.6) is 5.75 Å². The molecule has 2 atom stereocenters. The van der Waals surface area contributed by atoms with E-state index in [1.54, 1.807) is 13.0 Å². The summed E-state index contributed by atoms with van der Waals surface area (Å²) in [7, 11) is -2.57. The summed E-state index contributed by atoms with van der Waals surface area (Å²) < 4.78 is 27.6. The van der Waals surface area contributed by atoms with E-state index in [2.05, 4.69) is 0 Å². The minimum absolute atomic E-state index is 0.133. The van der Waals surface area contributed by atoms with Crippen molar-refractivity contribution in [1.29, 1.82) is 0 Å². The molecule has 0 amide bonds. The lowest BCUT2D eigenvalue weighted by Gasteiger charge is -2.16. The number of aliphatic hydroxyl groups is 1. The summed E-state index contributed by atoms with van der Waals surface area (Å²) in [6, 6.07) is 3.72. The monoisotopic (exact) mass is 260 g/mol. The van der Waals surface area contributed by atoms with Gasteiger partial charge in [0.15, 0.2) is 0 Å². The van der Waals surface area contributed by atoms with Gasteiger partial charge in [-0.15, -0.1) is 0 Å². The average Bonchev–Trinajstić information content (AvgIpc) is 2.25. The van der Waals surface area contributed by atoms with Crippen molar-refractivity contribution in [2.75, 3.05) is 7.11 Å². The zero-order valence-electron chi connectivity index (χ0n) is 9.62. The van der Waals surface area contributed by atoms with E-state index in [1.165, 1.54) is 19.2 Å². The average molecular weight is 260 g/mol. The maximum atomic E-state index is 11.3. The lowest BCUT2D eigenvalue weighted by atomic mass is 10.0. The normalized spacial score (nSPS) is 15.4. The summed E-state index contributed by atoms with van der Waals surface area (Å²) in [5.74, 6) is 0.133. The molecule has 0 radical (unpaired) electrons. The number of benzene rings is 1. The number of hydrogen-bond acceptors (Lipinski definition) is 5. The maximum Gasteiger partial charge on any atom is 0.241 e. The molecule has 0 fully saturated rings. The number of aliphatic hydroxyl groups excluding tert-OH is 1. The van der Waals surface area contributed by atoms with E-state index in [1.807, 2.05) is 0 Å². The molecular weight excluding hydrogens is 244 g/mol. The second-order valence-electron chi connectivity index (χ2n) is 3.76. The summed E-state index contributed by atoms with van der Waals surface area (Å²) >= 11 is 0. The highest BCUT2D eigenvalue weighted by atomic mass is 32.2. The van der Waals surface area contributed by atoms with Crippen molar-refractivity contribution in [2.24, 2.45) is 10.9 Å². The van der Waals surface area contributed by atoms with Gasteiger partial charge in [0.2, 0.25) is 10.0 Å². The van der Waals surface area contributed by atoms with E-state index in [9.17, 15) is 13.5 Å². The fourth-order valence-electron chi connectivity index (χ4n) is 1.40. The number of ether oxygens (including phenoxy) is 1.